The number of allylic oxidation sites excluding steroid dienone is 2. The van der Waals surface area contributed by atoms with E-state index in [0.717, 1.165) is 37.2 Å². The van der Waals surface area contributed by atoms with Gasteiger partial charge < -0.3 is 9.64 Å². The van der Waals surface area contributed by atoms with Crippen molar-refractivity contribution in [2.45, 2.75) is 69.1 Å². The van der Waals surface area contributed by atoms with Crippen LogP contribution in [0.4, 0.5) is 13.2 Å². The van der Waals surface area contributed by atoms with Crippen molar-refractivity contribution in [1.29, 1.82) is 0 Å². The van der Waals surface area contributed by atoms with E-state index in [4.69, 9.17) is 16.3 Å². The largest absolute Gasteiger partial charge is 0.416 e. The van der Waals surface area contributed by atoms with E-state index >= 15 is 0 Å². The topological polar surface area (TPSA) is 12.5 Å². The first kappa shape index (κ1) is 23.8. The van der Waals surface area contributed by atoms with Crippen molar-refractivity contribution in [3.8, 4) is 0 Å². The van der Waals surface area contributed by atoms with Crippen molar-refractivity contribution in [2.75, 3.05) is 26.2 Å². The van der Waals surface area contributed by atoms with Crippen LogP contribution in [-0.2, 0) is 10.2 Å². The number of likely N-dealkylation sites (tertiary alicyclic amines) is 1. The molecule has 2 nitrogen and oxygen atoms in total. The first-order valence-electron chi connectivity index (χ1n) is 11.8. The van der Waals surface area contributed by atoms with Gasteiger partial charge in [-0.05, 0) is 75.6 Å². The number of halogens is 4. The van der Waals surface area contributed by atoms with Crippen LogP contribution in [0.25, 0.3) is 0 Å². The monoisotopic (exact) mass is 467 g/mol. The molecule has 0 aromatic heterocycles. The van der Waals surface area contributed by atoms with Crippen molar-refractivity contribution in [1.82, 2.24) is 4.90 Å². The summed E-state index contributed by atoms with van der Waals surface area (Å²) in [6, 6.07) is 8.38. The van der Waals surface area contributed by atoms with Crippen LogP contribution in [0, 0.1) is 5.92 Å². The molecule has 0 amide bonds. The molecule has 176 valence electrons. The molecule has 2 atom stereocenters. The van der Waals surface area contributed by atoms with Gasteiger partial charge in [0.2, 0.25) is 0 Å². The third-order valence-electron chi connectivity index (χ3n) is 7.52. The van der Waals surface area contributed by atoms with Crippen LogP contribution < -0.4 is 0 Å². The molecule has 0 N–H and O–H groups in total. The molecule has 0 spiro atoms. The summed E-state index contributed by atoms with van der Waals surface area (Å²) in [7, 11) is 0. The standard InChI is InChI=1S/C26H33ClF3NO/c1-24(14-9-22(10-15-24)26(28,29)30)32-17-11-20-4-2-16-31(18-20)19-25(12-3-13-25)21-5-7-23(27)8-6-21/h5-10,14,20H,2-4,11-13,15-19H2,1H3/t20-,24?/m0/s1. The molecule has 0 radical (unpaired) electrons. The molecule has 1 aromatic rings. The summed E-state index contributed by atoms with van der Waals surface area (Å²) in [4.78, 5) is 2.61. The second kappa shape index (κ2) is 9.52. The van der Waals surface area contributed by atoms with Gasteiger partial charge in [0, 0.05) is 30.1 Å². The average molecular weight is 468 g/mol. The fourth-order valence-corrected chi connectivity index (χ4v) is 5.52. The lowest BCUT2D eigenvalue weighted by molar-refractivity contribution is -0.0898. The van der Waals surface area contributed by atoms with Crippen LogP contribution >= 0.6 is 11.6 Å². The van der Waals surface area contributed by atoms with Crippen LogP contribution in [0.15, 0.2) is 48.1 Å². The number of benzene rings is 1. The Morgan fingerprint density at radius 1 is 1.16 bits per heavy atom. The van der Waals surface area contributed by atoms with Crippen molar-refractivity contribution >= 4 is 11.6 Å². The van der Waals surface area contributed by atoms with Gasteiger partial charge >= 0.3 is 6.18 Å². The molecule has 1 heterocycles. The van der Waals surface area contributed by atoms with Gasteiger partial charge in [-0.3, -0.25) is 0 Å². The Morgan fingerprint density at radius 2 is 1.91 bits per heavy atom. The van der Waals surface area contributed by atoms with E-state index in [1.54, 1.807) is 6.08 Å². The molecule has 2 fully saturated rings. The van der Waals surface area contributed by atoms with Gasteiger partial charge in [0.15, 0.2) is 0 Å². The van der Waals surface area contributed by atoms with E-state index in [0.29, 0.717) is 12.5 Å². The SMILES string of the molecule is CC1(OCC[C@@H]2CCCN(CC3(c4ccc(Cl)cc4)CCC3)C2)C=CC(C(F)(F)F)=CC1. The molecule has 1 aliphatic heterocycles. The summed E-state index contributed by atoms with van der Waals surface area (Å²) in [5.41, 5.74) is 0.438. The summed E-state index contributed by atoms with van der Waals surface area (Å²) in [6.45, 7) is 5.75. The molecule has 3 aliphatic rings. The second-order valence-corrected chi connectivity index (χ2v) is 10.5. The first-order valence-corrected chi connectivity index (χ1v) is 12.1. The van der Waals surface area contributed by atoms with Crippen LogP contribution in [0.3, 0.4) is 0 Å². The predicted octanol–water partition coefficient (Wildman–Crippen LogP) is 7.09. The van der Waals surface area contributed by atoms with E-state index in [1.807, 2.05) is 19.1 Å². The Bertz CT molecular complexity index is 844. The summed E-state index contributed by atoms with van der Waals surface area (Å²) >= 11 is 6.10. The molecule has 1 saturated carbocycles. The highest BCUT2D eigenvalue weighted by Gasteiger charge is 2.41. The lowest BCUT2D eigenvalue weighted by atomic mass is 9.64. The zero-order valence-electron chi connectivity index (χ0n) is 18.8. The fraction of sp³-hybridized carbons (Fsp3) is 0.615. The zero-order chi connectivity index (χ0) is 22.8. The lowest BCUT2D eigenvalue weighted by Crippen LogP contribution is -2.48. The zero-order valence-corrected chi connectivity index (χ0v) is 19.5. The van der Waals surface area contributed by atoms with E-state index < -0.39 is 17.4 Å². The number of rotatable bonds is 7. The molecular weight excluding hydrogens is 435 g/mol. The van der Waals surface area contributed by atoms with Gasteiger partial charge in [-0.1, -0.05) is 48.4 Å². The summed E-state index contributed by atoms with van der Waals surface area (Å²) in [5, 5.41) is 0.785. The normalized spacial score (nSPS) is 28.3. The Morgan fingerprint density at radius 3 is 2.50 bits per heavy atom. The van der Waals surface area contributed by atoms with Crippen molar-refractivity contribution in [3.05, 3.63) is 58.7 Å². The third kappa shape index (κ3) is 5.60. The maximum Gasteiger partial charge on any atom is 0.416 e. The predicted molar refractivity (Wildman–Crippen MR) is 123 cm³/mol. The average Bonchev–Trinajstić information content (AvgIpc) is 2.71. The number of hydrogen-bond donors (Lipinski definition) is 0. The Kier molecular flexibility index (Phi) is 7.09. The summed E-state index contributed by atoms with van der Waals surface area (Å²) in [5.74, 6) is 0.573. The van der Waals surface area contributed by atoms with Gasteiger partial charge in [0.05, 0.1) is 11.2 Å². The molecule has 32 heavy (non-hydrogen) atoms. The van der Waals surface area contributed by atoms with Crippen LogP contribution in [0.1, 0.15) is 57.4 Å². The molecule has 2 aliphatic carbocycles. The van der Waals surface area contributed by atoms with Crippen molar-refractivity contribution < 1.29 is 17.9 Å². The Hall–Kier alpha value is -1.30. The third-order valence-corrected chi connectivity index (χ3v) is 7.78. The summed E-state index contributed by atoms with van der Waals surface area (Å²) in [6.07, 6.45) is 7.02. The van der Waals surface area contributed by atoms with Gasteiger partial charge in [-0.15, -0.1) is 0 Å². The lowest BCUT2D eigenvalue weighted by Gasteiger charge is -2.47. The molecule has 6 heteroatoms. The number of alkyl halides is 3. The van der Waals surface area contributed by atoms with E-state index in [-0.39, 0.29) is 11.8 Å². The van der Waals surface area contributed by atoms with E-state index in [1.165, 1.54) is 43.7 Å². The smallest absolute Gasteiger partial charge is 0.371 e. The van der Waals surface area contributed by atoms with Crippen LogP contribution in [0.5, 0.6) is 0 Å². The highest BCUT2D eigenvalue weighted by molar-refractivity contribution is 6.30. The Labute approximate surface area is 194 Å². The second-order valence-electron chi connectivity index (χ2n) is 10.0. The molecule has 1 saturated heterocycles. The summed E-state index contributed by atoms with van der Waals surface area (Å²) < 4.78 is 44.5. The number of ether oxygens (including phenoxy) is 1. The van der Waals surface area contributed by atoms with Crippen LogP contribution in [0.2, 0.25) is 5.02 Å². The highest BCUT2D eigenvalue weighted by atomic mass is 35.5. The molecule has 0 bridgehead atoms. The van der Waals surface area contributed by atoms with E-state index in [2.05, 4.69) is 17.0 Å². The highest BCUT2D eigenvalue weighted by Crippen LogP contribution is 2.45. The molecule has 4 rings (SSSR count). The maximum absolute atomic E-state index is 12.8. The minimum atomic E-state index is -4.28. The Balaban J connectivity index is 1.26. The van der Waals surface area contributed by atoms with Gasteiger partial charge in [-0.2, -0.15) is 13.2 Å². The minimum absolute atomic E-state index is 0.256. The molecule has 1 aromatic carbocycles. The van der Waals surface area contributed by atoms with Gasteiger partial charge in [0.1, 0.15) is 0 Å². The quantitative estimate of drug-likeness (QED) is 0.424. The van der Waals surface area contributed by atoms with Gasteiger partial charge in [0.25, 0.3) is 0 Å². The molecule has 1 unspecified atom stereocenters. The van der Waals surface area contributed by atoms with Crippen LogP contribution in [-0.4, -0.2) is 42.9 Å². The van der Waals surface area contributed by atoms with Crippen molar-refractivity contribution in [2.24, 2.45) is 5.92 Å². The van der Waals surface area contributed by atoms with E-state index in [9.17, 15) is 13.2 Å². The first-order chi connectivity index (χ1) is 15.2. The molecular formula is C26H33ClF3NO. The maximum atomic E-state index is 12.8. The minimum Gasteiger partial charge on any atom is -0.371 e. The number of piperidine rings is 1. The van der Waals surface area contributed by atoms with Gasteiger partial charge in [-0.25, -0.2) is 0 Å². The number of hydrogen-bond acceptors (Lipinski definition) is 2. The fourth-order valence-electron chi connectivity index (χ4n) is 5.39. The van der Waals surface area contributed by atoms with Crippen molar-refractivity contribution in [3.63, 3.8) is 0 Å². The number of nitrogens with zero attached hydrogens (tertiary/aromatic N) is 1.